The predicted octanol–water partition coefficient (Wildman–Crippen LogP) is 3.89. The number of hydrogen-bond acceptors (Lipinski definition) is 4. The average molecular weight is 506 g/mol. The van der Waals surface area contributed by atoms with E-state index in [1.807, 2.05) is 13.8 Å². The fourth-order valence-corrected chi connectivity index (χ4v) is 6.60. The fraction of sp³-hybridized carbons (Fsp3) is 0.440. The number of carbonyl (C=O) groups excluding carboxylic acids is 2. The number of fused-ring (bicyclic) bond motifs is 2. The molecule has 1 saturated carbocycles. The van der Waals surface area contributed by atoms with Gasteiger partial charge in [0.05, 0.1) is 16.7 Å². The molecule has 2 aliphatic heterocycles. The van der Waals surface area contributed by atoms with Crippen LogP contribution in [-0.2, 0) is 15.0 Å². The van der Waals surface area contributed by atoms with Crippen LogP contribution < -0.4 is 16.0 Å². The summed E-state index contributed by atoms with van der Waals surface area (Å²) in [7, 11) is 0. The van der Waals surface area contributed by atoms with Crippen molar-refractivity contribution in [2.75, 3.05) is 5.32 Å². The summed E-state index contributed by atoms with van der Waals surface area (Å²) in [4.78, 5) is 27.4. The lowest BCUT2D eigenvalue weighted by molar-refractivity contribution is -0.127. The highest BCUT2D eigenvalue weighted by atomic mass is 35.5. The lowest BCUT2D eigenvalue weighted by Crippen LogP contribution is -2.57. The van der Waals surface area contributed by atoms with Gasteiger partial charge in [-0.05, 0) is 62.9 Å². The summed E-state index contributed by atoms with van der Waals surface area (Å²) in [6.45, 7) is 5.40. The number of hydrogen-bond donors (Lipinski definition) is 4. The van der Waals surface area contributed by atoms with Gasteiger partial charge in [0.1, 0.15) is 11.2 Å². The Morgan fingerprint density at radius 3 is 2.56 bits per heavy atom. The lowest BCUT2D eigenvalue weighted by atomic mass is 9.60. The number of anilines is 1. The smallest absolute Gasteiger partial charge is 0.238 e. The molecule has 2 aromatic carbocycles. The summed E-state index contributed by atoms with van der Waals surface area (Å²) < 4.78 is 15.5. The van der Waals surface area contributed by atoms with Crippen LogP contribution in [0.4, 0.5) is 10.1 Å². The van der Waals surface area contributed by atoms with Gasteiger partial charge in [0, 0.05) is 28.2 Å². The topological polar surface area (TPSA) is 90.5 Å². The van der Waals surface area contributed by atoms with Gasteiger partial charge >= 0.3 is 0 Å². The van der Waals surface area contributed by atoms with Crippen LogP contribution in [0.1, 0.15) is 50.7 Å². The van der Waals surface area contributed by atoms with E-state index >= 15 is 4.39 Å². The predicted molar refractivity (Wildman–Crippen MR) is 129 cm³/mol. The first-order chi connectivity index (χ1) is 15.9. The van der Waals surface area contributed by atoms with Crippen molar-refractivity contribution in [1.82, 2.24) is 10.6 Å². The van der Waals surface area contributed by atoms with E-state index in [1.165, 1.54) is 6.07 Å². The third-order valence-corrected chi connectivity index (χ3v) is 8.16. The molecule has 0 aromatic heterocycles. The molecule has 1 spiro atoms. The maximum atomic E-state index is 15.5. The largest absolute Gasteiger partial charge is 0.390 e. The molecule has 2 aromatic rings. The van der Waals surface area contributed by atoms with Gasteiger partial charge in [0.25, 0.3) is 0 Å². The van der Waals surface area contributed by atoms with Crippen LogP contribution in [-0.4, -0.2) is 40.1 Å². The summed E-state index contributed by atoms with van der Waals surface area (Å²) in [6.07, 6.45) is 0.857. The molecule has 1 aliphatic carbocycles. The second-order valence-electron chi connectivity index (χ2n) is 10.4. The van der Waals surface area contributed by atoms with Crippen LogP contribution in [0.5, 0.6) is 0 Å². The van der Waals surface area contributed by atoms with E-state index in [9.17, 15) is 14.7 Å². The van der Waals surface area contributed by atoms with E-state index in [0.29, 0.717) is 29.1 Å². The molecule has 0 bridgehead atoms. The van der Waals surface area contributed by atoms with Crippen molar-refractivity contribution in [3.05, 3.63) is 63.4 Å². The normalized spacial score (nSPS) is 33.4. The Hall–Kier alpha value is -2.19. The summed E-state index contributed by atoms with van der Waals surface area (Å²) in [6, 6.07) is 8.62. The molecule has 34 heavy (non-hydrogen) atoms. The van der Waals surface area contributed by atoms with Crippen LogP contribution >= 0.6 is 23.2 Å². The van der Waals surface area contributed by atoms with Crippen molar-refractivity contribution in [2.24, 2.45) is 0 Å². The monoisotopic (exact) mass is 505 g/mol. The molecule has 9 heteroatoms. The van der Waals surface area contributed by atoms with Gasteiger partial charge < -0.3 is 15.7 Å². The van der Waals surface area contributed by atoms with Crippen LogP contribution in [0.25, 0.3) is 0 Å². The SMILES string of the molecule is CC1(O)CC(NC(=O)[C@@H]2NC(C)(C)[C@@]3(C(=O)Nc4cc(Cl)ccc43)[C@H]2c2cccc(Cl)c2F)C1. The van der Waals surface area contributed by atoms with Gasteiger partial charge in [-0.25, -0.2) is 4.39 Å². The third-order valence-electron chi connectivity index (χ3n) is 7.63. The summed E-state index contributed by atoms with van der Waals surface area (Å²) >= 11 is 12.3. The second-order valence-corrected chi connectivity index (χ2v) is 11.3. The van der Waals surface area contributed by atoms with Crippen molar-refractivity contribution >= 4 is 40.7 Å². The molecular weight excluding hydrogens is 480 g/mol. The Morgan fingerprint density at radius 2 is 1.88 bits per heavy atom. The number of nitrogens with one attached hydrogen (secondary N) is 3. The average Bonchev–Trinajstić information content (AvgIpc) is 3.14. The minimum atomic E-state index is -1.31. The zero-order valence-electron chi connectivity index (χ0n) is 19.0. The zero-order valence-corrected chi connectivity index (χ0v) is 20.5. The number of carbonyl (C=O) groups is 2. The number of benzene rings is 2. The molecule has 0 unspecified atom stereocenters. The molecule has 2 amide bonds. The summed E-state index contributed by atoms with van der Waals surface area (Å²) in [5.74, 6) is -2.25. The standard InChI is InChI=1S/C25H26Cl2FN3O3/c1-23(2)25(15-8-7-12(26)9-17(15)30-22(25)33)18(14-5-4-6-16(27)19(14)28)20(31-23)21(32)29-13-10-24(3,34)11-13/h4-9,13,18,20,31,34H,10-11H2,1-3H3,(H,29,32)(H,30,33)/t13?,18-,20+,24?,25+/m0/s1. The van der Waals surface area contributed by atoms with Crippen LogP contribution in [0.3, 0.4) is 0 Å². The Bertz CT molecular complexity index is 1210. The number of amides is 2. The van der Waals surface area contributed by atoms with Crippen molar-refractivity contribution in [2.45, 2.75) is 68.2 Å². The van der Waals surface area contributed by atoms with E-state index in [-0.39, 0.29) is 28.4 Å². The molecule has 3 aliphatic rings. The summed E-state index contributed by atoms with van der Waals surface area (Å²) in [5, 5.41) is 19.7. The highest BCUT2D eigenvalue weighted by Crippen LogP contribution is 2.59. The molecule has 2 fully saturated rings. The molecule has 2 heterocycles. The minimum absolute atomic E-state index is 0.0821. The first-order valence-corrected chi connectivity index (χ1v) is 12.0. The number of halogens is 3. The van der Waals surface area contributed by atoms with Crippen molar-refractivity contribution in [1.29, 1.82) is 0 Å². The van der Waals surface area contributed by atoms with E-state index in [2.05, 4.69) is 16.0 Å². The molecular formula is C25H26Cl2FN3O3. The van der Waals surface area contributed by atoms with E-state index in [4.69, 9.17) is 23.2 Å². The molecule has 6 nitrogen and oxygen atoms in total. The molecule has 0 radical (unpaired) electrons. The first-order valence-electron chi connectivity index (χ1n) is 11.2. The van der Waals surface area contributed by atoms with Gasteiger partial charge in [-0.15, -0.1) is 0 Å². The number of rotatable bonds is 3. The fourth-order valence-electron chi connectivity index (χ4n) is 6.25. The Balaban J connectivity index is 1.67. The Labute approximate surface area is 207 Å². The van der Waals surface area contributed by atoms with Crippen molar-refractivity contribution in [3.8, 4) is 0 Å². The maximum absolute atomic E-state index is 15.5. The van der Waals surface area contributed by atoms with Crippen LogP contribution in [0, 0.1) is 5.82 Å². The van der Waals surface area contributed by atoms with Gasteiger partial charge in [-0.2, -0.15) is 0 Å². The van der Waals surface area contributed by atoms with Crippen LogP contribution in [0.2, 0.25) is 10.0 Å². The van der Waals surface area contributed by atoms with Gasteiger partial charge in [0.15, 0.2) is 0 Å². The molecule has 180 valence electrons. The maximum Gasteiger partial charge on any atom is 0.238 e. The molecule has 1 saturated heterocycles. The van der Waals surface area contributed by atoms with Gasteiger partial charge in [-0.1, -0.05) is 41.4 Å². The molecule has 4 N–H and O–H groups in total. The van der Waals surface area contributed by atoms with Gasteiger partial charge in [-0.3, -0.25) is 14.9 Å². The Kier molecular flexibility index (Phi) is 5.30. The first kappa shape index (κ1) is 23.5. The Morgan fingerprint density at radius 1 is 1.18 bits per heavy atom. The molecule has 5 rings (SSSR count). The molecule has 3 atom stereocenters. The lowest BCUT2D eigenvalue weighted by Gasteiger charge is -2.42. The zero-order chi connectivity index (χ0) is 24.6. The second kappa shape index (κ2) is 7.65. The highest BCUT2D eigenvalue weighted by molar-refractivity contribution is 6.31. The quantitative estimate of drug-likeness (QED) is 0.509. The van der Waals surface area contributed by atoms with Crippen molar-refractivity contribution in [3.63, 3.8) is 0 Å². The highest BCUT2D eigenvalue weighted by Gasteiger charge is 2.69. The minimum Gasteiger partial charge on any atom is -0.390 e. The third kappa shape index (κ3) is 3.28. The van der Waals surface area contributed by atoms with E-state index in [1.54, 1.807) is 37.3 Å². The van der Waals surface area contributed by atoms with Crippen LogP contribution in [0.15, 0.2) is 36.4 Å². The number of aliphatic hydroxyl groups is 1. The van der Waals surface area contributed by atoms with E-state index < -0.39 is 34.3 Å². The van der Waals surface area contributed by atoms with E-state index in [0.717, 1.165) is 0 Å². The van der Waals surface area contributed by atoms with Gasteiger partial charge in [0.2, 0.25) is 11.8 Å². The van der Waals surface area contributed by atoms with Crippen molar-refractivity contribution < 1.29 is 19.1 Å². The summed E-state index contributed by atoms with van der Waals surface area (Å²) in [5.41, 5.74) is -1.71.